The first kappa shape index (κ1) is 18.3. The molecule has 0 saturated heterocycles. The summed E-state index contributed by atoms with van der Waals surface area (Å²) in [6.45, 7) is 3.72. The Kier molecular flexibility index (Phi) is 5.26. The van der Waals surface area contributed by atoms with Crippen molar-refractivity contribution in [2.24, 2.45) is 5.73 Å². The van der Waals surface area contributed by atoms with E-state index in [1.54, 1.807) is 24.3 Å². The predicted molar refractivity (Wildman–Crippen MR) is 104 cm³/mol. The van der Waals surface area contributed by atoms with Gasteiger partial charge in [0, 0.05) is 22.8 Å². The van der Waals surface area contributed by atoms with Gasteiger partial charge < -0.3 is 20.4 Å². The molecular weight excluding hydrogens is 342 g/mol. The van der Waals surface area contributed by atoms with Gasteiger partial charge in [0.25, 0.3) is 11.8 Å². The molecule has 138 valence electrons. The Morgan fingerprint density at radius 1 is 1.04 bits per heavy atom. The molecule has 6 heteroatoms. The maximum Gasteiger partial charge on any atom is 0.257 e. The van der Waals surface area contributed by atoms with Crippen LogP contribution in [0, 0.1) is 13.8 Å². The molecule has 0 aliphatic heterocycles. The number of benzene rings is 2. The zero-order chi connectivity index (χ0) is 19.4. The molecule has 0 unspecified atom stereocenters. The highest BCUT2D eigenvalue weighted by atomic mass is 16.5. The maximum absolute atomic E-state index is 12.7. The van der Waals surface area contributed by atoms with E-state index >= 15 is 0 Å². The van der Waals surface area contributed by atoms with Crippen LogP contribution in [0.15, 0.2) is 60.7 Å². The zero-order valence-corrected chi connectivity index (χ0v) is 15.2. The van der Waals surface area contributed by atoms with Crippen LogP contribution in [0.3, 0.4) is 0 Å². The third kappa shape index (κ3) is 4.17. The molecule has 0 radical (unpaired) electrons. The summed E-state index contributed by atoms with van der Waals surface area (Å²) in [5, 5.41) is 2.88. The number of nitrogens with two attached hydrogens (primary N) is 1. The highest BCUT2D eigenvalue weighted by Gasteiger charge is 2.16. The van der Waals surface area contributed by atoms with Crippen LogP contribution in [0.25, 0.3) is 5.69 Å². The number of anilines is 1. The summed E-state index contributed by atoms with van der Waals surface area (Å²) < 4.78 is 7.26. The molecule has 0 spiro atoms. The van der Waals surface area contributed by atoms with Gasteiger partial charge in [0.05, 0.1) is 5.56 Å². The minimum Gasteiger partial charge on any atom is -0.484 e. The van der Waals surface area contributed by atoms with Gasteiger partial charge in [-0.2, -0.15) is 0 Å². The molecule has 0 atom stereocenters. The molecule has 3 aromatic rings. The fourth-order valence-corrected chi connectivity index (χ4v) is 2.95. The molecule has 0 aliphatic carbocycles. The second kappa shape index (κ2) is 7.78. The normalized spacial score (nSPS) is 10.4. The van der Waals surface area contributed by atoms with E-state index in [-0.39, 0.29) is 12.5 Å². The summed E-state index contributed by atoms with van der Waals surface area (Å²) in [6.07, 6.45) is 0. The number of nitrogens with one attached hydrogen (secondary N) is 1. The van der Waals surface area contributed by atoms with Crippen LogP contribution in [-0.4, -0.2) is 23.0 Å². The monoisotopic (exact) mass is 363 g/mol. The van der Waals surface area contributed by atoms with Crippen molar-refractivity contribution in [2.75, 3.05) is 11.9 Å². The molecule has 2 aromatic carbocycles. The lowest BCUT2D eigenvalue weighted by atomic mass is 10.2. The lowest BCUT2D eigenvalue weighted by molar-refractivity contribution is -0.119. The molecule has 0 bridgehead atoms. The quantitative estimate of drug-likeness (QED) is 0.705. The van der Waals surface area contributed by atoms with Gasteiger partial charge in [-0.25, -0.2) is 0 Å². The van der Waals surface area contributed by atoms with Crippen molar-refractivity contribution in [3.8, 4) is 11.4 Å². The van der Waals surface area contributed by atoms with Crippen molar-refractivity contribution < 1.29 is 14.3 Å². The molecule has 0 aliphatic rings. The van der Waals surface area contributed by atoms with Crippen LogP contribution in [0.1, 0.15) is 21.7 Å². The average Bonchev–Trinajstić information content (AvgIpc) is 2.96. The number of carbonyl (C=O) groups excluding carboxylic acids is 2. The molecule has 1 heterocycles. The second-order valence-electron chi connectivity index (χ2n) is 6.19. The first-order valence-electron chi connectivity index (χ1n) is 8.52. The number of hydrogen-bond donors (Lipinski definition) is 2. The van der Waals surface area contributed by atoms with Crippen molar-refractivity contribution in [2.45, 2.75) is 13.8 Å². The van der Waals surface area contributed by atoms with Crippen molar-refractivity contribution >= 4 is 17.5 Å². The molecule has 27 heavy (non-hydrogen) atoms. The van der Waals surface area contributed by atoms with Gasteiger partial charge in [-0.15, -0.1) is 0 Å². The number of aromatic nitrogens is 1. The van der Waals surface area contributed by atoms with Gasteiger partial charge in [0.2, 0.25) is 0 Å². The molecule has 0 fully saturated rings. The summed E-state index contributed by atoms with van der Waals surface area (Å²) >= 11 is 0. The third-order valence-electron chi connectivity index (χ3n) is 4.18. The third-order valence-corrected chi connectivity index (χ3v) is 4.18. The van der Waals surface area contributed by atoms with Crippen LogP contribution in [0.4, 0.5) is 5.69 Å². The highest BCUT2D eigenvalue weighted by molar-refractivity contribution is 6.05. The lowest BCUT2D eigenvalue weighted by Gasteiger charge is -2.10. The molecule has 2 amide bonds. The summed E-state index contributed by atoms with van der Waals surface area (Å²) in [5.74, 6) is -0.216. The van der Waals surface area contributed by atoms with Gasteiger partial charge in [0.15, 0.2) is 6.61 Å². The second-order valence-corrected chi connectivity index (χ2v) is 6.19. The number of aryl methyl sites for hydroxylation is 1. The first-order valence-corrected chi connectivity index (χ1v) is 8.52. The van der Waals surface area contributed by atoms with Crippen LogP contribution < -0.4 is 15.8 Å². The Morgan fingerprint density at radius 3 is 2.33 bits per heavy atom. The van der Waals surface area contributed by atoms with E-state index < -0.39 is 5.91 Å². The fourth-order valence-electron chi connectivity index (χ4n) is 2.95. The Labute approximate surface area is 157 Å². The predicted octanol–water partition coefficient (Wildman–Crippen LogP) is 3.21. The molecule has 6 nitrogen and oxygen atoms in total. The number of rotatable bonds is 6. The largest absolute Gasteiger partial charge is 0.484 e. The number of carbonyl (C=O) groups is 2. The van der Waals surface area contributed by atoms with Gasteiger partial charge in [-0.3, -0.25) is 9.59 Å². The van der Waals surface area contributed by atoms with E-state index in [1.807, 2.05) is 50.2 Å². The Bertz CT molecular complexity index is 960. The van der Waals surface area contributed by atoms with Crippen molar-refractivity contribution in [3.05, 3.63) is 77.6 Å². The zero-order valence-electron chi connectivity index (χ0n) is 15.2. The molecule has 3 N–H and O–H groups in total. The van der Waals surface area contributed by atoms with E-state index in [0.29, 0.717) is 17.0 Å². The minimum atomic E-state index is -0.541. The Hall–Kier alpha value is -3.54. The van der Waals surface area contributed by atoms with Gasteiger partial charge in [-0.1, -0.05) is 18.2 Å². The van der Waals surface area contributed by atoms with Crippen LogP contribution in [0.2, 0.25) is 0 Å². The van der Waals surface area contributed by atoms with Crippen LogP contribution >= 0.6 is 0 Å². The van der Waals surface area contributed by atoms with E-state index in [1.165, 1.54) is 0 Å². The molecule has 1 aromatic heterocycles. The lowest BCUT2D eigenvalue weighted by Crippen LogP contribution is -2.20. The minimum absolute atomic E-state index is 0.183. The standard InChI is InChI=1S/C21H21N3O3/c1-14-12-19(15(2)24(14)17-6-4-3-5-7-17)21(26)23-16-8-10-18(11-9-16)27-13-20(22)25/h3-12H,13H2,1-2H3,(H2,22,25)(H,23,26). The average molecular weight is 363 g/mol. The topological polar surface area (TPSA) is 86.3 Å². The number of ether oxygens (including phenoxy) is 1. The maximum atomic E-state index is 12.7. The number of amides is 2. The van der Waals surface area contributed by atoms with Crippen molar-refractivity contribution in [3.63, 3.8) is 0 Å². The number of hydrogen-bond acceptors (Lipinski definition) is 3. The molecule has 0 saturated carbocycles. The number of primary amides is 1. The summed E-state index contributed by atoms with van der Waals surface area (Å²) in [7, 11) is 0. The van der Waals surface area contributed by atoms with Crippen molar-refractivity contribution in [1.82, 2.24) is 4.57 Å². The number of para-hydroxylation sites is 1. The highest BCUT2D eigenvalue weighted by Crippen LogP contribution is 2.22. The van der Waals surface area contributed by atoms with E-state index in [2.05, 4.69) is 9.88 Å². The number of nitrogens with zero attached hydrogens (tertiary/aromatic N) is 1. The van der Waals surface area contributed by atoms with Crippen LogP contribution in [-0.2, 0) is 4.79 Å². The molecular formula is C21H21N3O3. The summed E-state index contributed by atoms with van der Waals surface area (Å²) in [6, 6.07) is 18.6. The Morgan fingerprint density at radius 2 is 1.70 bits per heavy atom. The van der Waals surface area contributed by atoms with Gasteiger partial charge in [0.1, 0.15) is 5.75 Å². The van der Waals surface area contributed by atoms with Gasteiger partial charge >= 0.3 is 0 Å². The van der Waals surface area contributed by atoms with E-state index in [4.69, 9.17) is 10.5 Å². The van der Waals surface area contributed by atoms with Crippen molar-refractivity contribution in [1.29, 1.82) is 0 Å². The summed E-state index contributed by atoms with van der Waals surface area (Å²) in [4.78, 5) is 23.5. The summed E-state index contributed by atoms with van der Waals surface area (Å²) in [5.41, 5.74) is 9.17. The smallest absolute Gasteiger partial charge is 0.257 e. The van der Waals surface area contributed by atoms with E-state index in [0.717, 1.165) is 17.1 Å². The van der Waals surface area contributed by atoms with Crippen LogP contribution in [0.5, 0.6) is 5.75 Å². The Balaban J connectivity index is 1.76. The molecule has 3 rings (SSSR count). The van der Waals surface area contributed by atoms with E-state index in [9.17, 15) is 9.59 Å². The first-order chi connectivity index (χ1) is 13.0. The fraction of sp³-hybridized carbons (Fsp3) is 0.143. The van der Waals surface area contributed by atoms with Gasteiger partial charge in [-0.05, 0) is 56.3 Å². The SMILES string of the molecule is Cc1cc(C(=O)Nc2ccc(OCC(N)=O)cc2)c(C)n1-c1ccccc1.